The Bertz CT molecular complexity index is 579. The smallest absolute Gasteiger partial charge is 0.298 e. The highest BCUT2D eigenvalue weighted by atomic mass is 35.5. The lowest BCUT2D eigenvalue weighted by atomic mass is 9.98. The Balaban J connectivity index is 1.78. The molecule has 0 unspecified atom stereocenters. The van der Waals surface area contributed by atoms with Crippen molar-refractivity contribution in [3.05, 3.63) is 23.2 Å². The second-order valence-corrected chi connectivity index (χ2v) is 5.20. The molecular formula is C13H13ClF2N2O. The predicted molar refractivity (Wildman–Crippen MR) is 70.0 cm³/mol. The molecule has 6 heteroatoms. The van der Waals surface area contributed by atoms with Crippen molar-refractivity contribution in [3.8, 4) is 0 Å². The maximum Gasteiger partial charge on any atom is 0.298 e. The fraction of sp³-hybridized carbons (Fsp3) is 0.462. The van der Waals surface area contributed by atoms with Gasteiger partial charge in [0.15, 0.2) is 5.58 Å². The van der Waals surface area contributed by atoms with E-state index >= 15 is 0 Å². The Hall–Kier alpha value is -1.36. The van der Waals surface area contributed by atoms with Crippen molar-refractivity contribution in [2.75, 3.05) is 18.0 Å². The first kappa shape index (κ1) is 12.7. The average molecular weight is 287 g/mol. The van der Waals surface area contributed by atoms with Gasteiger partial charge in [0.1, 0.15) is 5.52 Å². The van der Waals surface area contributed by atoms with Gasteiger partial charge >= 0.3 is 0 Å². The summed E-state index contributed by atoms with van der Waals surface area (Å²) in [7, 11) is 0. The summed E-state index contributed by atoms with van der Waals surface area (Å²) in [4.78, 5) is 6.27. The van der Waals surface area contributed by atoms with E-state index in [0.29, 0.717) is 42.6 Å². The average Bonchev–Trinajstić information content (AvgIpc) is 2.81. The van der Waals surface area contributed by atoms with E-state index in [4.69, 9.17) is 16.0 Å². The third-order valence-corrected chi connectivity index (χ3v) is 3.74. The van der Waals surface area contributed by atoms with Crippen LogP contribution in [0.2, 0.25) is 5.02 Å². The minimum absolute atomic E-state index is 0.469. The van der Waals surface area contributed by atoms with Gasteiger partial charge in [0.25, 0.3) is 6.01 Å². The fourth-order valence-corrected chi connectivity index (χ4v) is 2.53. The minimum atomic E-state index is -2.23. The molecule has 2 heterocycles. The van der Waals surface area contributed by atoms with Gasteiger partial charge in [-0.2, -0.15) is 4.98 Å². The molecule has 1 saturated heterocycles. The summed E-state index contributed by atoms with van der Waals surface area (Å²) in [5.74, 6) is -0.505. The van der Waals surface area contributed by atoms with Crippen LogP contribution in [0.3, 0.4) is 0 Å². The summed E-state index contributed by atoms with van der Waals surface area (Å²) in [6.07, 6.45) is -1.29. The van der Waals surface area contributed by atoms with Crippen molar-refractivity contribution >= 4 is 28.7 Å². The highest BCUT2D eigenvalue weighted by molar-refractivity contribution is 6.31. The molecule has 0 saturated carbocycles. The van der Waals surface area contributed by atoms with Gasteiger partial charge in [-0.25, -0.2) is 8.78 Å². The number of benzene rings is 1. The number of anilines is 1. The van der Waals surface area contributed by atoms with Crippen LogP contribution in [-0.2, 0) is 0 Å². The summed E-state index contributed by atoms with van der Waals surface area (Å²) in [5.41, 5.74) is 1.36. The van der Waals surface area contributed by atoms with Crippen molar-refractivity contribution < 1.29 is 13.2 Å². The molecule has 3 nitrogen and oxygen atoms in total. The molecule has 0 spiro atoms. The van der Waals surface area contributed by atoms with Crippen molar-refractivity contribution in [1.29, 1.82) is 0 Å². The topological polar surface area (TPSA) is 29.3 Å². The predicted octanol–water partition coefficient (Wildman–Crippen LogP) is 3.96. The molecule has 0 atom stereocenters. The van der Waals surface area contributed by atoms with E-state index in [9.17, 15) is 8.78 Å². The molecule has 1 aliphatic heterocycles. The molecule has 0 amide bonds. The highest BCUT2D eigenvalue weighted by Crippen LogP contribution is 2.29. The molecule has 1 aliphatic rings. The summed E-state index contributed by atoms with van der Waals surface area (Å²) in [6.45, 7) is 1.10. The number of piperidine rings is 1. The van der Waals surface area contributed by atoms with Gasteiger partial charge in [0, 0.05) is 30.1 Å². The zero-order valence-electron chi connectivity index (χ0n) is 10.2. The number of oxazole rings is 1. The fourth-order valence-electron chi connectivity index (χ4n) is 2.36. The van der Waals surface area contributed by atoms with E-state index in [1.165, 1.54) is 0 Å². The molecule has 3 rings (SSSR count). The zero-order chi connectivity index (χ0) is 13.4. The van der Waals surface area contributed by atoms with E-state index in [0.717, 1.165) is 5.52 Å². The van der Waals surface area contributed by atoms with Crippen LogP contribution in [-0.4, -0.2) is 24.5 Å². The molecule has 0 bridgehead atoms. The van der Waals surface area contributed by atoms with Gasteiger partial charge in [-0.15, -0.1) is 0 Å². The number of aromatic nitrogens is 1. The number of hydrogen-bond donors (Lipinski definition) is 0. The van der Waals surface area contributed by atoms with Crippen molar-refractivity contribution in [3.63, 3.8) is 0 Å². The summed E-state index contributed by atoms with van der Waals surface area (Å²) in [6, 6.07) is 5.74. The number of alkyl halides is 2. The quantitative estimate of drug-likeness (QED) is 0.837. The third-order valence-electron chi connectivity index (χ3n) is 3.51. The van der Waals surface area contributed by atoms with Gasteiger partial charge in [-0.3, -0.25) is 0 Å². The van der Waals surface area contributed by atoms with E-state index in [2.05, 4.69) is 4.98 Å². The molecule has 1 aromatic heterocycles. The molecule has 0 N–H and O–H groups in total. The largest absolute Gasteiger partial charge is 0.423 e. The maximum atomic E-state index is 12.6. The first-order valence-electron chi connectivity index (χ1n) is 6.22. The van der Waals surface area contributed by atoms with Crippen LogP contribution in [0.4, 0.5) is 14.8 Å². The van der Waals surface area contributed by atoms with Gasteiger partial charge in [-0.1, -0.05) is 11.6 Å². The second kappa shape index (κ2) is 4.96. The van der Waals surface area contributed by atoms with Crippen LogP contribution in [0.15, 0.2) is 22.6 Å². The van der Waals surface area contributed by atoms with Gasteiger partial charge in [0.05, 0.1) is 0 Å². The Morgan fingerprint density at radius 1 is 1.32 bits per heavy atom. The number of hydrogen-bond acceptors (Lipinski definition) is 3. The van der Waals surface area contributed by atoms with Crippen molar-refractivity contribution in [1.82, 2.24) is 4.98 Å². The van der Waals surface area contributed by atoms with Crippen molar-refractivity contribution in [2.24, 2.45) is 5.92 Å². The molecule has 1 aromatic carbocycles. The van der Waals surface area contributed by atoms with Crippen molar-refractivity contribution in [2.45, 2.75) is 19.3 Å². The molecule has 102 valence electrons. The van der Waals surface area contributed by atoms with Gasteiger partial charge < -0.3 is 9.32 Å². The molecular weight excluding hydrogens is 274 g/mol. The van der Waals surface area contributed by atoms with E-state index in [-0.39, 0.29) is 0 Å². The van der Waals surface area contributed by atoms with Crippen LogP contribution < -0.4 is 4.90 Å². The van der Waals surface area contributed by atoms with Crippen LogP contribution in [0.5, 0.6) is 0 Å². The Morgan fingerprint density at radius 3 is 2.74 bits per heavy atom. The first-order chi connectivity index (χ1) is 9.13. The normalized spacial score (nSPS) is 17.6. The van der Waals surface area contributed by atoms with Gasteiger partial charge in [-0.05, 0) is 25.0 Å². The van der Waals surface area contributed by atoms with Crippen LogP contribution in [0, 0.1) is 5.92 Å². The summed E-state index contributed by atoms with van der Waals surface area (Å²) in [5, 5.41) is 0.589. The summed E-state index contributed by atoms with van der Waals surface area (Å²) < 4.78 is 30.8. The lowest BCUT2D eigenvalue weighted by Crippen LogP contribution is -2.36. The zero-order valence-corrected chi connectivity index (χ0v) is 10.9. The van der Waals surface area contributed by atoms with Crippen LogP contribution in [0.1, 0.15) is 12.8 Å². The van der Waals surface area contributed by atoms with Gasteiger partial charge in [0.2, 0.25) is 6.43 Å². The Kier molecular flexibility index (Phi) is 3.31. The highest BCUT2D eigenvalue weighted by Gasteiger charge is 2.28. The van der Waals surface area contributed by atoms with E-state index in [1.54, 1.807) is 18.2 Å². The molecule has 19 heavy (non-hydrogen) atoms. The van der Waals surface area contributed by atoms with Crippen LogP contribution >= 0.6 is 11.6 Å². The number of rotatable bonds is 2. The second-order valence-electron chi connectivity index (χ2n) is 4.77. The lowest BCUT2D eigenvalue weighted by Gasteiger charge is -2.30. The number of halogens is 3. The van der Waals surface area contributed by atoms with Crippen LogP contribution in [0.25, 0.3) is 11.1 Å². The molecule has 1 fully saturated rings. The molecule has 2 aromatic rings. The maximum absolute atomic E-state index is 12.6. The number of fused-ring (bicyclic) bond motifs is 1. The molecule has 0 radical (unpaired) electrons. The monoisotopic (exact) mass is 286 g/mol. The lowest BCUT2D eigenvalue weighted by molar-refractivity contribution is 0.0631. The first-order valence-corrected chi connectivity index (χ1v) is 6.60. The molecule has 0 aliphatic carbocycles. The Morgan fingerprint density at radius 2 is 2.05 bits per heavy atom. The third kappa shape index (κ3) is 2.52. The Labute approximate surface area is 114 Å². The SMILES string of the molecule is FC(F)C1CCN(c2nc3ccc(Cl)cc3o2)CC1. The van der Waals surface area contributed by atoms with E-state index < -0.39 is 12.3 Å². The summed E-state index contributed by atoms with van der Waals surface area (Å²) >= 11 is 5.88. The minimum Gasteiger partial charge on any atom is -0.423 e. The number of nitrogens with zero attached hydrogens (tertiary/aromatic N) is 2. The van der Waals surface area contributed by atoms with E-state index in [1.807, 2.05) is 4.90 Å². The standard InChI is InChI=1S/C13H13ClF2N2O/c14-9-1-2-10-11(7-9)19-13(17-10)18-5-3-8(4-6-18)12(15)16/h1-2,7-8,12H,3-6H2.